The SMILES string of the molecule is N#C/C(=C/c1ccccc1OCc1ccc(Br)cc1)c1ccc(C(=O)O)cc1. The Labute approximate surface area is 171 Å². The van der Waals surface area contributed by atoms with Crippen molar-refractivity contribution in [3.8, 4) is 11.8 Å². The summed E-state index contributed by atoms with van der Waals surface area (Å²) in [5.74, 6) is -0.332. The second-order valence-electron chi connectivity index (χ2n) is 6.01. The van der Waals surface area contributed by atoms with Crippen molar-refractivity contribution in [2.75, 3.05) is 0 Å². The molecule has 0 radical (unpaired) electrons. The van der Waals surface area contributed by atoms with Gasteiger partial charge in [0.2, 0.25) is 0 Å². The van der Waals surface area contributed by atoms with E-state index in [4.69, 9.17) is 9.84 Å². The van der Waals surface area contributed by atoms with E-state index in [1.54, 1.807) is 18.2 Å². The van der Waals surface area contributed by atoms with Crippen LogP contribution in [0.4, 0.5) is 0 Å². The zero-order chi connectivity index (χ0) is 19.9. The largest absolute Gasteiger partial charge is 0.488 e. The van der Waals surface area contributed by atoms with Crippen molar-refractivity contribution in [3.05, 3.63) is 99.5 Å². The number of para-hydroxylation sites is 1. The first kappa shape index (κ1) is 19.4. The second-order valence-corrected chi connectivity index (χ2v) is 6.92. The number of rotatable bonds is 6. The molecule has 0 aliphatic heterocycles. The van der Waals surface area contributed by atoms with Gasteiger partial charge < -0.3 is 9.84 Å². The van der Waals surface area contributed by atoms with Gasteiger partial charge in [-0.3, -0.25) is 0 Å². The van der Waals surface area contributed by atoms with Crippen LogP contribution >= 0.6 is 15.9 Å². The van der Waals surface area contributed by atoms with E-state index in [0.717, 1.165) is 15.6 Å². The molecular formula is C23H16BrNO3. The fraction of sp³-hybridized carbons (Fsp3) is 0.0435. The summed E-state index contributed by atoms with van der Waals surface area (Å²) in [6.45, 7) is 0.410. The van der Waals surface area contributed by atoms with Gasteiger partial charge in [-0.1, -0.05) is 58.4 Å². The number of carbonyl (C=O) groups is 1. The molecule has 0 unspecified atom stereocenters. The summed E-state index contributed by atoms with van der Waals surface area (Å²) in [6, 6.07) is 23.8. The molecule has 138 valence electrons. The van der Waals surface area contributed by atoms with Crippen LogP contribution in [0.2, 0.25) is 0 Å². The van der Waals surface area contributed by atoms with Crippen molar-refractivity contribution in [1.29, 1.82) is 5.26 Å². The lowest BCUT2D eigenvalue weighted by Crippen LogP contribution is -1.97. The maximum Gasteiger partial charge on any atom is 0.335 e. The zero-order valence-electron chi connectivity index (χ0n) is 14.8. The number of nitrogens with zero attached hydrogens (tertiary/aromatic N) is 1. The van der Waals surface area contributed by atoms with Gasteiger partial charge in [0.25, 0.3) is 0 Å². The van der Waals surface area contributed by atoms with Crippen LogP contribution in [0.25, 0.3) is 11.6 Å². The molecule has 0 amide bonds. The molecule has 1 N–H and O–H groups in total. The quantitative estimate of drug-likeness (QED) is 0.394. The zero-order valence-corrected chi connectivity index (χ0v) is 16.4. The Bertz CT molecular complexity index is 1050. The molecule has 0 fully saturated rings. The van der Waals surface area contributed by atoms with Crippen molar-refractivity contribution < 1.29 is 14.6 Å². The fourth-order valence-corrected chi connectivity index (χ4v) is 2.87. The Hall–Kier alpha value is -3.36. The molecule has 0 heterocycles. The molecule has 0 saturated carbocycles. The van der Waals surface area contributed by atoms with Crippen molar-refractivity contribution in [3.63, 3.8) is 0 Å². The third-order valence-electron chi connectivity index (χ3n) is 4.09. The third kappa shape index (κ3) is 4.87. The van der Waals surface area contributed by atoms with Crippen molar-refractivity contribution in [2.45, 2.75) is 6.61 Å². The van der Waals surface area contributed by atoms with Crippen molar-refractivity contribution in [2.24, 2.45) is 0 Å². The average molecular weight is 434 g/mol. The topological polar surface area (TPSA) is 70.3 Å². The third-order valence-corrected chi connectivity index (χ3v) is 4.62. The van der Waals surface area contributed by atoms with Crippen LogP contribution in [-0.4, -0.2) is 11.1 Å². The summed E-state index contributed by atoms with van der Waals surface area (Å²) in [7, 11) is 0. The van der Waals surface area contributed by atoms with E-state index in [1.165, 1.54) is 12.1 Å². The molecule has 3 aromatic carbocycles. The lowest BCUT2D eigenvalue weighted by molar-refractivity contribution is 0.0697. The summed E-state index contributed by atoms with van der Waals surface area (Å²) in [4.78, 5) is 11.0. The minimum absolute atomic E-state index is 0.180. The van der Waals surface area contributed by atoms with Gasteiger partial charge in [-0.25, -0.2) is 4.79 Å². The molecule has 3 aromatic rings. The molecule has 5 heteroatoms. The first-order chi connectivity index (χ1) is 13.6. The average Bonchev–Trinajstić information content (AvgIpc) is 2.72. The summed E-state index contributed by atoms with van der Waals surface area (Å²) >= 11 is 3.41. The van der Waals surface area contributed by atoms with E-state index >= 15 is 0 Å². The van der Waals surface area contributed by atoms with Crippen LogP contribution in [0.15, 0.2) is 77.3 Å². The highest BCUT2D eigenvalue weighted by atomic mass is 79.9. The van der Waals surface area contributed by atoms with E-state index < -0.39 is 5.97 Å². The van der Waals surface area contributed by atoms with Crippen LogP contribution in [0.5, 0.6) is 5.75 Å². The smallest absolute Gasteiger partial charge is 0.335 e. The second kappa shape index (κ2) is 9.03. The Morgan fingerprint density at radius 2 is 1.64 bits per heavy atom. The number of carboxylic acids is 1. The summed E-state index contributed by atoms with van der Waals surface area (Å²) < 4.78 is 6.95. The highest BCUT2D eigenvalue weighted by Gasteiger charge is 2.07. The van der Waals surface area contributed by atoms with Crippen LogP contribution in [0.1, 0.15) is 27.0 Å². The number of hydrogen-bond acceptors (Lipinski definition) is 3. The van der Waals surface area contributed by atoms with Crippen LogP contribution in [-0.2, 0) is 6.61 Å². The number of ether oxygens (including phenoxy) is 1. The van der Waals surface area contributed by atoms with Gasteiger partial charge in [0.1, 0.15) is 12.4 Å². The van der Waals surface area contributed by atoms with E-state index in [9.17, 15) is 10.1 Å². The van der Waals surface area contributed by atoms with Gasteiger partial charge in [-0.2, -0.15) is 5.26 Å². The Morgan fingerprint density at radius 1 is 1.00 bits per heavy atom. The highest BCUT2D eigenvalue weighted by molar-refractivity contribution is 9.10. The number of nitriles is 1. The summed E-state index contributed by atoms with van der Waals surface area (Å²) in [5.41, 5.74) is 3.07. The molecule has 0 spiro atoms. The van der Waals surface area contributed by atoms with Crippen molar-refractivity contribution in [1.82, 2.24) is 0 Å². The lowest BCUT2D eigenvalue weighted by Gasteiger charge is -2.10. The van der Waals surface area contributed by atoms with Gasteiger partial charge in [-0.05, 0) is 47.5 Å². The standard InChI is InChI=1S/C23H16BrNO3/c24-21-11-5-16(6-12-21)15-28-22-4-2-1-3-19(22)13-20(14-25)17-7-9-18(10-8-17)23(26)27/h1-13H,15H2,(H,26,27)/b20-13-. The maximum atomic E-state index is 11.0. The predicted octanol–water partition coefficient (Wildman–Crippen LogP) is 5.79. The lowest BCUT2D eigenvalue weighted by atomic mass is 10.0. The highest BCUT2D eigenvalue weighted by Crippen LogP contribution is 2.26. The van der Waals surface area contributed by atoms with Crippen molar-refractivity contribution >= 4 is 33.5 Å². The molecule has 4 nitrogen and oxygen atoms in total. The van der Waals surface area contributed by atoms with Crippen LogP contribution in [0.3, 0.4) is 0 Å². The minimum Gasteiger partial charge on any atom is -0.488 e. The van der Waals surface area contributed by atoms with Gasteiger partial charge in [0, 0.05) is 10.0 Å². The van der Waals surface area contributed by atoms with E-state index in [0.29, 0.717) is 23.5 Å². The normalized spacial score (nSPS) is 10.9. The molecule has 0 atom stereocenters. The summed E-state index contributed by atoms with van der Waals surface area (Å²) in [5, 5.41) is 18.6. The fourth-order valence-electron chi connectivity index (χ4n) is 2.60. The number of benzene rings is 3. The number of aromatic carboxylic acids is 1. The van der Waals surface area contributed by atoms with E-state index in [1.807, 2.05) is 48.5 Å². The van der Waals surface area contributed by atoms with Gasteiger partial charge in [-0.15, -0.1) is 0 Å². The van der Waals surface area contributed by atoms with Gasteiger partial charge >= 0.3 is 5.97 Å². The van der Waals surface area contributed by atoms with Crippen LogP contribution < -0.4 is 4.74 Å². The molecule has 0 aliphatic carbocycles. The molecule has 0 saturated heterocycles. The van der Waals surface area contributed by atoms with Gasteiger partial charge in [0.05, 0.1) is 17.2 Å². The number of hydrogen-bond donors (Lipinski definition) is 1. The van der Waals surface area contributed by atoms with Crippen LogP contribution in [0, 0.1) is 11.3 Å². The number of allylic oxidation sites excluding steroid dienone is 1. The molecule has 28 heavy (non-hydrogen) atoms. The Balaban J connectivity index is 1.84. The van der Waals surface area contributed by atoms with E-state index in [-0.39, 0.29) is 5.56 Å². The Kier molecular flexibility index (Phi) is 6.25. The Morgan fingerprint density at radius 3 is 2.29 bits per heavy atom. The molecule has 0 aliphatic rings. The van der Waals surface area contributed by atoms with Gasteiger partial charge in [0.15, 0.2) is 0 Å². The monoisotopic (exact) mass is 433 g/mol. The number of carboxylic acid groups (broad SMARTS) is 1. The maximum absolute atomic E-state index is 11.0. The molecular weight excluding hydrogens is 418 g/mol. The minimum atomic E-state index is -0.999. The molecule has 0 bridgehead atoms. The molecule has 3 rings (SSSR count). The molecule has 0 aromatic heterocycles. The van der Waals surface area contributed by atoms with E-state index in [2.05, 4.69) is 22.0 Å². The summed E-state index contributed by atoms with van der Waals surface area (Å²) in [6.07, 6.45) is 1.74. The first-order valence-corrected chi connectivity index (χ1v) is 9.28. The predicted molar refractivity (Wildman–Crippen MR) is 112 cm³/mol. The number of halogens is 1. The first-order valence-electron chi connectivity index (χ1n) is 8.48.